The fourth-order valence-electron chi connectivity index (χ4n) is 1.22. The van der Waals surface area contributed by atoms with E-state index < -0.39 is 0 Å². The average molecular weight is 226 g/mol. The maximum atomic E-state index is 4.22. The summed E-state index contributed by atoms with van der Waals surface area (Å²) in [6.07, 6.45) is 1.84. The van der Waals surface area contributed by atoms with Gasteiger partial charge < -0.3 is 0 Å². The predicted molar refractivity (Wildman–Crippen MR) is 50.9 cm³/mol. The lowest BCUT2D eigenvalue weighted by Gasteiger charge is -1.93. The summed E-state index contributed by atoms with van der Waals surface area (Å²) in [7, 11) is 1.91. The standard InChI is InChI=1S/C8H8BrN3/c1-5-3-6-7(4-10-5)12(2)11-8(6)9/h3-4H,1-2H3. The lowest BCUT2D eigenvalue weighted by molar-refractivity contribution is 0.787. The molecule has 0 aliphatic carbocycles. The summed E-state index contributed by atoms with van der Waals surface area (Å²) in [4.78, 5) is 4.20. The summed E-state index contributed by atoms with van der Waals surface area (Å²) in [6.45, 7) is 1.97. The van der Waals surface area contributed by atoms with Crippen LogP contribution < -0.4 is 0 Å². The van der Waals surface area contributed by atoms with Crippen molar-refractivity contribution in [2.75, 3.05) is 0 Å². The Morgan fingerprint density at radius 2 is 2.25 bits per heavy atom. The second-order valence-electron chi connectivity index (χ2n) is 2.76. The lowest BCUT2D eigenvalue weighted by atomic mass is 10.3. The van der Waals surface area contributed by atoms with E-state index in [2.05, 4.69) is 26.0 Å². The summed E-state index contributed by atoms with van der Waals surface area (Å²) < 4.78 is 2.69. The van der Waals surface area contributed by atoms with E-state index in [0.29, 0.717) is 0 Å². The van der Waals surface area contributed by atoms with Crippen LogP contribution in [0.3, 0.4) is 0 Å². The molecular formula is C8H8BrN3. The maximum Gasteiger partial charge on any atom is 0.136 e. The molecule has 0 radical (unpaired) electrons. The van der Waals surface area contributed by atoms with Gasteiger partial charge in [-0.1, -0.05) is 0 Å². The van der Waals surface area contributed by atoms with Crippen LogP contribution in [0.5, 0.6) is 0 Å². The van der Waals surface area contributed by atoms with Crippen LogP contribution >= 0.6 is 15.9 Å². The zero-order chi connectivity index (χ0) is 8.72. The zero-order valence-electron chi connectivity index (χ0n) is 6.87. The second kappa shape index (κ2) is 2.55. The molecule has 0 amide bonds. The third-order valence-electron chi connectivity index (χ3n) is 1.83. The van der Waals surface area contributed by atoms with Gasteiger partial charge in [-0.3, -0.25) is 9.67 Å². The quantitative estimate of drug-likeness (QED) is 0.688. The van der Waals surface area contributed by atoms with Gasteiger partial charge in [0.15, 0.2) is 0 Å². The van der Waals surface area contributed by atoms with Crippen molar-refractivity contribution in [2.45, 2.75) is 6.92 Å². The summed E-state index contributed by atoms with van der Waals surface area (Å²) in [5.41, 5.74) is 2.06. The highest BCUT2D eigenvalue weighted by molar-refractivity contribution is 9.10. The van der Waals surface area contributed by atoms with Crippen LogP contribution in [0.15, 0.2) is 16.9 Å². The van der Waals surface area contributed by atoms with E-state index in [4.69, 9.17) is 0 Å². The van der Waals surface area contributed by atoms with Crippen molar-refractivity contribution in [3.8, 4) is 0 Å². The molecular weight excluding hydrogens is 218 g/mol. The van der Waals surface area contributed by atoms with E-state index in [9.17, 15) is 0 Å². The van der Waals surface area contributed by atoms with E-state index in [-0.39, 0.29) is 0 Å². The van der Waals surface area contributed by atoms with Crippen molar-refractivity contribution in [1.82, 2.24) is 14.8 Å². The number of aromatic nitrogens is 3. The maximum absolute atomic E-state index is 4.22. The Morgan fingerprint density at radius 1 is 1.50 bits per heavy atom. The number of fused-ring (bicyclic) bond motifs is 1. The molecule has 2 aromatic rings. The third kappa shape index (κ3) is 1.03. The number of pyridine rings is 1. The van der Waals surface area contributed by atoms with E-state index in [1.165, 1.54) is 0 Å². The summed E-state index contributed by atoms with van der Waals surface area (Å²) in [5.74, 6) is 0. The van der Waals surface area contributed by atoms with Crippen molar-refractivity contribution in [3.05, 3.63) is 22.6 Å². The van der Waals surface area contributed by atoms with Gasteiger partial charge in [-0.25, -0.2) is 0 Å². The average Bonchev–Trinajstić information content (AvgIpc) is 2.28. The van der Waals surface area contributed by atoms with E-state index in [1.54, 1.807) is 0 Å². The smallest absolute Gasteiger partial charge is 0.136 e. The predicted octanol–water partition coefficient (Wildman–Crippen LogP) is 2.04. The first-order valence-electron chi connectivity index (χ1n) is 3.63. The van der Waals surface area contributed by atoms with E-state index in [0.717, 1.165) is 21.2 Å². The molecule has 2 rings (SSSR count). The summed E-state index contributed by atoms with van der Waals surface area (Å²) in [5, 5.41) is 5.34. The van der Waals surface area contributed by atoms with Crippen LogP contribution in [0, 0.1) is 6.92 Å². The molecule has 2 heterocycles. The van der Waals surface area contributed by atoms with Crippen molar-refractivity contribution in [1.29, 1.82) is 0 Å². The molecule has 0 bridgehead atoms. The molecule has 0 aromatic carbocycles. The summed E-state index contributed by atoms with van der Waals surface area (Å²) in [6, 6.07) is 2.02. The van der Waals surface area contributed by atoms with Gasteiger partial charge in [-0.15, -0.1) is 0 Å². The Bertz CT molecular complexity index is 433. The van der Waals surface area contributed by atoms with Gasteiger partial charge in [0, 0.05) is 18.1 Å². The van der Waals surface area contributed by atoms with E-state index in [1.807, 2.05) is 30.9 Å². The van der Waals surface area contributed by atoms with E-state index >= 15 is 0 Å². The van der Waals surface area contributed by atoms with Crippen LogP contribution in [0.4, 0.5) is 0 Å². The van der Waals surface area contributed by atoms with Crippen molar-refractivity contribution in [3.63, 3.8) is 0 Å². The van der Waals surface area contributed by atoms with Gasteiger partial charge in [-0.05, 0) is 28.9 Å². The number of rotatable bonds is 0. The highest BCUT2D eigenvalue weighted by Crippen LogP contribution is 2.21. The van der Waals surface area contributed by atoms with Gasteiger partial charge in [0.2, 0.25) is 0 Å². The topological polar surface area (TPSA) is 30.7 Å². The minimum Gasteiger partial charge on any atom is -0.265 e. The molecule has 0 unspecified atom stereocenters. The number of hydrogen-bond acceptors (Lipinski definition) is 2. The molecule has 2 aromatic heterocycles. The fraction of sp³-hybridized carbons (Fsp3) is 0.250. The first kappa shape index (κ1) is 7.73. The molecule has 0 fully saturated rings. The van der Waals surface area contributed by atoms with Crippen molar-refractivity contribution < 1.29 is 0 Å². The lowest BCUT2D eigenvalue weighted by Crippen LogP contribution is -1.89. The normalized spacial score (nSPS) is 10.9. The minimum absolute atomic E-state index is 0.880. The van der Waals surface area contributed by atoms with Gasteiger partial charge >= 0.3 is 0 Å². The highest BCUT2D eigenvalue weighted by atomic mass is 79.9. The molecule has 4 heteroatoms. The highest BCUT2D eigenvalue weighted by Gasteiger charge is 2.05. The second-order valence-corrected chi connectivity index (χ2v) is 3.51. The Balaban J connectivity index is 2.90. The van der Waals surface area contributed by atoms with Gasteiger partial charge in [-0.2, -0.15) is 5.10 Å². The van der Waals surface area contributed by atoms with Gasteiger partial charge in [0.25, 0.3) is 0 Å². The molecule has 0 aliphatic heterocycles. The Hall–Kier alpha value is -0.900. The van der Waals surface area contributed by atoms with Crippen LogP contribution in [0.25, 0.3) is 10.9 Å². The molecule has 0 spiro atoms. The molecule has 12 heavy (non-hydrogen) atoms. The largest absolute Gasteiger partial charge is 0.265 e. The van der Waals surface area contributed by atoms with Crippen LogP contribution in [0.2, 0.25) is 0 Å². The van der Waals surface area contributed by atoms with Gasteiger partial charge in [0.1, 0.15) is 4.60 Å². The molecule has 3 nitrogen and oxygen atoms in total. The first-order chi connectivity index (χ1) is 5.68. The number of halogens is 1. The van der Waals surface area contributed by atoms with Crippen LogP contribution in [-0.2, 0) is 7.05 Å². The molecule has 0 saturated carbocycles. The Kier molecular flexibility index (Phi) is 1.65. The molecule has 62 valence electrons. The fourth-order valence-corrected chi connectivity index (χ4v) is 1.77. The zero-order valence-corrected chi connectivity index (χ0v) is 8.46. The summed E-state index contributed by atoms with van der Waals surface area (Å²) >= 11 is 3.39. The minimum atomic E-state index is 0.880. The molecule has 0 N–H and O–H groups in total. The first-order valence-corrected chi connectivity index (χ1v) is 4.42. The Morgan fingerprint density at radius 3 is 3.00 bits per heavy atom. The Labute approximate surface area is 78.5 Å². The molecule has 0 aliphatic rings. The third-order valence-corrected chi connectivity index (χ3v) is 2.41. The molecule has 0 saturated heterocycles. The van der Waals surface area contributed by atoms with Crippen LogP contribution in [0.1, 0.15) is 5.69 Å². The van der Waals surface area contributed by atoms with Crippen LogP contribution in [-0.4, -0.2) is 14.8 Å². The van der Waals surface area contributed by atoms with Crippen molar-refractivity contribution in [2.24, 2.45) is 7.05 Å². The number of aryl methyl sites for hydroxylation is 2. The van der Waals surface area contributed by atoms with Crippen molar-refractivity contribution >= 4 is 26.8 Å². The molecule has 0 atom stereocenters. The van der Waals surface area contributed by atoms with Gasteiger partial charge in [0.05, 0.1) is 11.7 Å². The number of hydrogen-bond donors (Lipinski definition) is 0. The number of nitrogens with zero attached hydrogens (tertiary/aromatic N) is 3. The SMILES string of the molecule is Cc1cc2c(Br)nn(C)c2cn1. The monoisotopic (exact) mass is 225 g/mol.